The molecule has 0 amide bonds. The molecule has 0 saturated carbocycles. The molecule has 118 valence electrons. The highest BCUT2D eigenvalue weighted by Crippen LogP contribution is 2.16. The molecule has 0 saturated heterocycles. The van der Waals surface area contributed by atoms with Gasteiger partial charge < -0.3 is 9.84 Å². The number of carboxylic acids is 1. The lowest BCUT2D eigenvalue weighted by Gasteiger charge is -2.20. The molecule has 21 heavy (non-hydrogen) atoms. The Morgan fingerprint density at radius 1 is 1.24 bits per heavy atom. The van der Waals surface area contributed by atoms with Gasteiger partial charge in [-0.15, -0.1) is 0 Å². The molecule has 0 aliphatic carbocycles. The van der Waals surface area contributed by atoms with Crippen molar-refractivity contribution in [3.05, 3.63) is 29.8 Å². The van der Waals surface area contributed by atoms with E-state index < -0.39 is 16.0 Å². The van der Waals surface area contributed by atoms with Gasteiger partial charge in [0, 0.05) is 19.7 Å². The largest absolute Gasteiger partial charge is 0.481 e. The van der Waals surface area contributed by atoms with Gasteiger partial charge in [0.25, 0.3) is 0 Å². The van der Waals surface area contributed by atoms with E-state index in [0.717, 1.165) is 0 Å². The Bertz CT molecular complexity index is 553. The Balaban J connectivity index is 2.87. The molecule has 1 aromatic carbocycles. The van der Waals surface area contributed by atoms with Crippen molar-refractivity contribution in [1.29, 1.82) is 0 Å². The van der Waals surface area contributed by atoms with Crippen LogP contribution < -0.4 is 0 Å². The first-order chi connectivity index (χ1) is 9.91. The van der Waals surface area contributed by atoms with Crippen LogP contribution in [0.5, 0.6) is 0 Å². The zero-order chi connectivity index (χ0) is 15.9. The van der Waals surface area contributed by atoms with E-state index in [1.165, 1.54) is 28.6 Å². The van der Waals surface area contributed by atoms with Crippen molar-refractivity contribution in [2.75, 3.05) is 26.3 Å². The predicted molar refractivity (Wildman–Crippen MR) is 78.7 cm³/mol. The van der Waals surface area contributed by atoms with E-state index in [1.54, 1.807) is 6.92 Å². The van der Waals surface area contributed by atoms with Gasteiger partial charge >= 0.3 is 5.97 Å². The van der Waals surface area contributed by atoms with Crippen LogP contribution in [0.2, 0.25) is 0 Å². The third kappa shape index (κ3) is 5.11. The molecule has 0 unspecified atom stereocenters. The number of likely N-dealkylation sites (N-methyl/N-ethyl adjacent to an activating group) is 1. The van der Waals surface area contributed by atoms with Crippen LogP contribution in [0.4, 0.5) is 0 Å². The normalized spacial score (nSPS) is 11.8. The Labute approximate surface area is 125 Å². The third-order valence-corrected chi connectivity index (χ3v) is 4.95. The van der Waals surface area contributed by atoms with E-state index in [2.05, 4.69) is 0 Å². The van der Waals surface area contributed by atoms with Crippen molar-refractivity contribution in [3.8, 4) is 0 Å². The molecule has 0 spiro atoms. The van der Waals surface area contributed by atoms with Gasteiger partial charge in [-0.2, -0.15) is 4.31 Å². The fraction of sp³-hybridized carbons (Fsp3) is 0.500. The number of rotatable bonds is 9. The summed E-state index contributed by atoms with van der Waals surface area (Å²) in [5.41, 5.74) is 0.568. The van der Waals surface area contributed by atoms with E-state index in [4.69, 9.17) is 9.84 Å². The summed E-state index contributed by atoms with van der Waals surface area (Å²) in [5, 5.41) is 8.70. The zero-order valence-electron chi connectivity index (χ0n) is 12.3. The van der Waals surface area contributed by atoms with Crippen molar-refractivity contribution < 1.29 is 23.1 Å². The number of hydrogen-bond donors (Lipinski definition) is 1. The molecule has 0 aromatic heterocycles. The van der Waals surface area contributed by atoms with Gasteiger partial charge in [-0.05, 0) is 24.6 Å². The fourth-order valence-electron chi connectivity index (χ4n) is 1.86. The molecule has 0 aliphatic heterocycles. The Kier molecular flexibility index (Phi) is 6.80. The second kappa shape index (κ2) is 8.11. The van der Waals surface area contributed by atoms with Gasteiger partial charge in [0.2, 0.25) is 10.0 Å². The van der Waals surface area contributed by atoms with Crippen LogP contribution in [-0.4, -0.2) is 50.1 Å². The molecule has 0 heterocycles. The summed E-state index contributed by atoms with van der Waals surface area (Å²) in [6.07, 6.45) is -0.123. The minimum absolute atomic E-state index is 0.123. The predicted octanol–water partition coefficient (Wildman–Crippen LogP) is 1.36. The topological polar surface area (TPSA) is 83.9 Å². The first-order valence-electron chi connectivity index (χ1n) is 6.80. The third-order valence-electron chi connectivity index (χ3n) is 2.96. The number of nitrogens with zero attached hydrogens (tertiary/aromatic N) is 1. The number of aliphatic carboxylic acids is 1. The van der Waals surface area contributed by atoms with Crippen LogP contribution in [0.1, 0.15) is 19.4 Å². The van der Waals surface area contributed by atoms with Gasteiger partial charge in [-0.3, -0.25) is 4.79 Å². The molecule has 0 radical (unpaired) electrons. The second-order valence-corrected chi connectivity index (χ2v) is 6.35. The molecule has 0 bridgehead atoms. The first kappa shape index (κ1) is 17.6. The van der Waals surface area contributed by atoms with Crippen molar-refractivity contribution >= 4 is 16.0 Å². The number of ether oxygens (including phenoxy) is 1. The van der Waals surface area contributed by atoms with Crippen LogP contribution >= 0.6 is 0 Å². The molecule has 0 atom stereocenters. The number of sulfonamides is 1. The molecular weight excluding hydrogens is 294 g/mol. The second-order valence-electron chi connectivity index (χ2n) is 4.41. The minimum Gasteiger partial charge on any atom is -0.481 e. The van der Waals surface area contributed by atoms with Crippen LogP contribution in [-0.2, 0) is 26.0 Å². The highest BCUT2D eigenvalue weighted by atomic mass is 32.2. The van der Waals surface area contributed by atoms with Crippen molar-refractivity contribution in [2.24, 2.45) is 0 Å². The molecule has 0 aliphatic rings. The molecule has 7 heteroatoms. The fourth-order valence-corrected chi connectivity index (χ4v) is 3.29. The maximum Gasteiger partial charge on any atom is 0.307 e. The molecule has 0 fully saturated rings. The van der Waals surface area contributed by atoms with Crippen LogP contribution in [0.15, 0.2) is 29.2 Å². The highest BCUT2D eigenvalue weighted by molar-refractivity contribution is 7.89. The molecule has 1 N–H and O–H groups in total. The minimum atomic E-state index is -3.57. The quantitative estimate of drug-likeness (QED) is 0.696. The van der Waals surface area contributed by atoms with Gasteiger partial charge in [-0.1, -0.05) is 19.1 Å². The molecule has 1 rings (SSSR count). The van der Waals surface area contributed by atoms with Gasteiger partial charge in [0.05, 0.1) is 17.9 Å². The average Bonchev–Trinajstić information content (AvgIpc) is 2.43. The van der Waals surface area contributed by atoms with Crippen molar-refractivity contribution in [1.82, 2.24) is 4.31 Å². The van der Waals surface area contributed by atoms with Gasteiger partial charge in [0.1, 0.15) is 0 Å². The molecule has 6 nitrogen and oxygen atoms in total. The average molecular weight is 315 g/mol. The van der Waals surface area contributed by atoms with E-state index in [1.807, 2.05) is 6.92 Å². The van der Waals surface area contributed by atoms with Crippen LogP contribution in [0.25, 0.3) is 0 Å². The number of hydrogen-bond acceptors (Lipinski definition) is 4. The maximum atomic E-state index is 12.4. The first-order valence-corrected chi connectivity index (χ1v) is 8.24. The summed E-state index contributed by atoms with van der Waals surface area (Å²) in [5.74, 6) is -0.947. The number of carbonyl (C=O) groups is 1. The summed E-state index contributed by atoms with van der Waals surface area (Å²) in [7, 11) is -3.57. The lowest BCUT2D eigenvalue weighted by molar-refractivity contribution is -0.136. The van der Waals surface area contributed by atoms with Gasteiger partial charge in [-0.25, -0.2) is 8.42 Å². The summed E-state index contributed by atoms with van der Waals surface area (Å²) in [6, 6.07) is 5.93. The Morgan fingerprint density at radius 3 is 2.33 bits per heavy atom. The van der Waals surface area contributed by atoms with E-state index in [-0.39, 0.29) is 11.3 Å². The van der Waals surface area contributed by atoms with Crippen LogP contribution in [0, 0.1) is 0 Å². The number of carboxylic acid groups (broad SMARTS) is 1. The van der Waals surface area contributed by atoms with E-state index >= 15 is 0 Å². The standard InChI is InChI=1S/C14H21NO5S/c1-3-15(9-10-20-4-2)21(18,19)13-7-5-12(6-8-13)11-14(16)17/h5-8H,3-4,9-11H2,1-2H3,(H,16,17). The lowest BCUT2D eigenvalue weighted by Crippen LogP contribution is -2.33. The molecule has 1 aromatic rings. The zero-order valence-corrected chi connectivity index (χ0v) is 13.1. The summed E-state index contributed by atoms with van der Waals surface area (Å²) >= 11 is 0. The van der Waals surface area contributed by atoms with Crippen molar-refractivity contribution in [2.45, 2.75) is 25.2 Å². The van der Waals surface area contributed by atoms with Gasteiger partial charge in [0.15, 0.2) is 0 Å². The number of benzene rings is 1. The monoisotopic (exact) mass is 315 g/mol. The summed E-state index contributed by atoms with van der Waals surface area (Å²) in [6.45, 7) is 5.16. The smallest absolute Gasteiger partial charge is 0.307 e. The van der Waals surface area contributed by atoms with E-state index in [0.29, 0.717) is 31.9 Å². The molecular formula is C14H21NO5S. The Hall–Kier alpha value is -1.44. The van der Waals surface area contributed by atoms with Crippen LogP contribution in [0.3, 0.4) is 0 Å². The Morgan fingerprint density at radius 2 is 1.86 bits per heavy atom. The maximum absolute atomic E-state index is 12.4. The highest BCUT2D eigenvalue weighted by Gasteiger charge is 2.22. The van der Waals surface area contributed by atoms with Crippen molar-refractivity contribution in [3.63, 3.8) is 0 Å². The summed E-state index contributed by atoms with van der Waals surface area (Å²) < 4.78 is 31.4. The summed E-state index contributed by atoms with van der Waals surface area (Å²) in [4.78, 5) is 10.8. The SMILES string of the molecule is CCOCCN(CC)S(=O)(=O)c1ccc(CC(=O)O)cc1. The van der Waals surface area contributed by atoms with E-state index in [9.17, 15) is 13.2 Å². The lowest BCUT2D eigenvalue weighted by atomic mass is 10.2.